The number of benzene rings is 1. The molecule has 0 unspecified atom stereocenters. The van der Waals surface area contributed by atoms with Crippen LogP contribution >= 0.6 is 0 Å². The van der Waals surface area contributed by atoms with E-state index in [1.165, 1.54) is 14.0 Å². The summed E-state index contributed by atoms with van der Waals surface area (Å²) in [4.78, 5) is 40.0. The molecule has 2 heterocycles. The van der Waals surface area contributed by atoms with E-state index in [1.54, 1.807) is 38.1 Å². The van der Waals surface area contributed by atoms with Crippen molar-refractivity contribution in [2.24, 2.45) is 5.73 Å². The highest BCUT2D eigenvalue weighted by Gasteiger charge is 2.62. The Morgan fingerprint density at radius 1 is 1.33 bits per heavy atom. The minimum absolute atomic E-state index is 0.0830. The number of nitrogens with zero attached hydrogens (tertiary/aromatic N) is 2. The quantitative estimate of drug-likeness (QED) is 0.732. The third-order valence-corrected chi connectivity index (χ3v) is 5.01. The Bertz CT molecular complexity index is 1050. The van der Waals surface area contributed by atoms with Crippen LogP contribution < -0.4 is 10.5 Å². The maximum Gasteiger partial charge on any atom is 0.337 e. The third kappa shape index (κ3) is 2.88. The van der Waals surface area contributed by atoms with E-state index in [9.17, 15) is 19.6 Å². The summed E-state index contributed by atoms with van der Waals surface area (Å²) in [5, 5.41) is 9.91. The van der Waals surface area contributed by atoms with E-state index in [1.807, 2.05) is 6.07 Å². The number of nitrogens with two attached hydrogens (primary N) is 1. The molecule has 0 radical (unpaired) electrons. The van der Waals surface area contributed by atoms with Gasteiger partial charge in [-0.15, -0.1) is 0 Å². The van der Waals surface area contributed by atoms with Gasteiger partial charge in [0.1, 0.15) is 23.9 Å². The molecule has 0 aliphatic carbocycles. The van der Waals surface area contributed by atoms with Crippen LogP contribution in [0.1, 0.15) is 26.3 Å². The molecule has 1 amide bonds. The summed E-state index contributed by atoms with van der Waals surface area (Å²) in [5.74, 6) is -2.24. The maximum absolute atomic E-state index is 13.8. The average Bonchev–Trinajstić information content (AvgIpc) is 2.90. The fourth-order valence-electron chi connectivity index (χ4n) is 3.80. The van der Waals surface area contributed by atoms with Gasteiger partial charge in [0.15, 0.2) is 5.41 Å². The molecule has 0 aromatic heterocycles. The molecular weight excluding hydrogens is 390 g/mol. The van der Waals surface area contributed by atoms with Crippen molar-refractivity contribution in [3.63, 3.8) is 0 Å². The second-order valence-electron chi connectivity index (χ2n) is 7.08. The number of hydrogen-bond donors (Lipinski definition) is 1. The number of esters is 2. The summed E-state index contributed by atoms with van der Waals surface area (Å²) in [7, 11) is 1.19. The van der Waals surface area contributed by atoms with Crippen molar-refractivity contribution in [2.45, 2.75) is 32.3 Å². The van der Waals surface area contributed by atoms with Crippen LogP contribution in [0.3, 0.4) is 0 Å². The Hall–Kier alpha value is -3.80. The van der Waals surface area contributed by atoms with Crippen LogP contribution in [0.15, 0.2) is 47.0 Å². The number of fused-ring (bicyclic) bond motifs is 2. The average molecular weight is 411 g/mol. The Balaban J connectivity index is 2.37. The first-order valence-corrected chi connectivity index (χ1v) is 9.18. The molecule has 1 atom stereocenters. The first kappa shape index (κ1) is 20.9. The van der Waals surface area contributed by atoms with Crippen molar-refractivity contribution in [3.8, 4) is 11.8 Å². The molecule has 2 aliphatic heterocycles. The molecule has 1 aromatic rings. The lowest BCUT2D eigenvalue weighted by Gasteiger charge is -2.35. The molecule has 3 rings (SSSR count). The van der Waals surface area contributed by atoms with Gasteiger partial charge in [-0.2, -0.15) is 5.26 Å². The lowest BCUT2D eigenvalue weighted by atomic mass is 9.68. The molecule has 1 aromatic carbocycles. The van der Waals surface area contributed by atoms with Crippen molar-refractivity contribution in [3.05, 3.63) is 52.6 Å². The smallest absolute Gasteiger partial charge is 0.337 e. The molecule has 2 aliphatic rings. The van der Waals surface area contributed by atoms with Crippen molar-refractivity contribution in [2.75, 3.05) is 13.7 Å². The second-order valence-corrected chi connectivity index (χ2v) is 7.08. The van der Waals surface area contributed by atoms with Gasteiger partial charge in [0.2, 0.25) is 11.8 Å². The minimum atomic E-state index is -1.89. The van der Waals surface area contributed by atoms with Crippen LogP contribution in [0.5, 0.6) is 5.75 Å². The summed E-state index contributed by atoms with van der Waals surface area (Å²) in [6.45, 7) is 4.40. The summed E-state index contributed by atoms with van der Waals surface area (Å²) in [6.07, 6.45) is -0.485. The standard InChI is InChI=1S/C21H21N3O6/c1-11(2)29-19(26)17-12(3)24(10-16(25)28-4)20(27)21(17)13-7-5-6-8-15(13)30-18(23)14(21)9-22/h5-8,11H,10,23H2,1-4H3/t21-/m1/s1. The van der Waals surface area contributed by atoms with Crippen LogP contribution in [0.2, 0.25) is 0 Å². The maximum atomic E-state index is 13.8. The van der Waals surface area contributed by atoms with Crippen molar-refractivity contribution in [1.82, 2.24) is 4.90 Å². The van der Waals surface area contributed by atoms with E-state index in [0.717, 1.165) is 4.90 Å². The SMILES string of the molecule is COC(=O)CN1C(=O)[C@]2(C(C#N)=C(N)Oc3ccccc32)C(C(=O)OC(C)C)=C1C. The fourth-order valence-corrected chi connectivity index (χ4v) is 3.80. The predicted molar refractivity (Wildman–Crippen MR) is 103 cm³/mol. The Kier molecular flexibility index (Phi) is 5.27. The number of ether oxygens (including phenoxy) is 3. The Morgan fingerprint density at radius 2 is 2.00 bits per heavy atom. The van der Waals surface area contributed by atoms with Crippen LogP contribution in [0, 0.1) is 11.3 Å². The molecule has 156 valence electrons. The molecule has 1 spiro atoms. The number of amides is 1. The summed E-state index contributed by atoms with van der Waals surface area (Å²) < 4.78 is 15.6. The van der Waals surface area contributed by atoms with Gasteiger partial charge in [-0.1, -0.05) is 18.2 Å². The van der Waals surface area contributed by atoms with Crippen molar-refractivity contribution in [1.29, 1.82) is 5.26 Å². The number of nitriles is 1. The molecule has 0 saturated heterocycles. The fraction of sp³-hybridized carbons (Fsp3) is 0.333. The molecular formula is C21H21N3O6. The van der Waals surface area contributed by atoms with Crippen LogP contribution in [-0.4, -0.2) is 42.5 Å². The highest BCUT2D eigenvalue weighted by atomic mass is 16.5. The number of carbonyl (C=O) groups is 3. The number of hydrogen-bond acceptors (Lipinski definition) is 8. The van der Waals surface area contributed by atoms with E-state index in [2.05, 4.69) is 0 Å². The van der Waals surface area contributed by atoms with Crippen molar-refractivity contribution >= 4 is 17.8 Å². The van der Waals surface area contributed by atoms with E-state index >= 15 is 0 Å². The zero-order chi connectivity index (χ0) is 22.2. The normalized spacial score (nSPS) is 20.3. The number of carbonyl (C=O) groups excluding carboxylic acids is 3. The molecule has 9 heteroatoms. The zero-order valence-corrected chi connectivity index (χ0v) is 17.0. The van der Waals surface area contributed by atoms with E-state index < -0.39 is 35.9 Å². The molecule has 2 N–H and O–H groups in total. The van der Waals surface area contributed by atoms with E-state index in [-0.39, 0.29) is 34.0 Å². The van der Waals surface area contributed by atoms with Gasteiger partial charge >= 0.3 is 11.9 Å². The van der Waals surface area contributed by atoms with E-state index in [4.69, 9.17) is 19.9 Å². The molecule has 0 saturated carbocycles. The zero-order valence-electron chi connectivity index (χ0n) is 17.0. The lowest BCUT2D eigenvalue weighted by Crippen LogP contribution is -2.48. The van der Waals surface area contributed by atoms with Gasteiger partial charge in [0.05, 0.1) is 18.8 Å². The second kappa shape index (κ2) is 7.55. The minimum Gasteiger partial charge on any atom is -0.468 e. The first-order valence-electron chi connectivity index (χ1n) is 9.18. The van der Waals surface area contributed by atoms with Gasteiger partial charge in [0.25, 0.3) is 0 Å². The van der Waals surface area contributed by atoms with Gasteiger partial charge in [0, 0.05) is 11.3 Å². The summed E-state index contributed by atoms with van der Waals surface area (Å²) >= 11 is 0. The lowest BCUT2D eigenvalue weighted by molar-refractivity contribution is -0.146. The largest absolute Gasteiger partial charge is 0.468 e. The molecule has 9 nitrogen and oxygen atoms in total. The van der Waals surface area contributed by atoms with Gasteiger partial charge in [-0.3, -0.25) is 9.59 Å². The van der Waals surface area contributed by atoms with Crippen LogP contribution in [0.25, 0.3) is 0 Å². The van der Waals surface area contributed by atoms with E-state index in [0.29, 0.717) is 0 Å². The van der Waals surface area contributed by atoms with Crippen LogP contribution in [-0.2, 0) is 29.3 Å². The predicted octanol–water partition coefficient (Wildman–Crippen LogP) is 1.25. The first-order chi connectivity index (χ1) is 14.2. The summed E-state index contributed by atoms with van der Waals surface area (Å²) in [5.41, 5.74) is 4.23. The van der Waals surface area contributed by atoms with Gasteiger partial charge < -0.3 is 24.8 Å². The Labute approximate surface area is 173 Å². The van der Waals surface area contributed by atoms with Crippen molar-refractivity contribution < 1.29 is 28.6 Å². The van der Waals surface area contributed by atoms with Gasteiger partial charge in [-0.25, -0.2) is 4.79 Å². The number of allylic oxidation sites excluding steroid dienone is 1. The third-order valence-electron chi connectivity index (χ3n) is 5.01. The number of methoxy groups -OCH3 is 1. The molecule has 30 heavy (non-hydrogen) atoms. The number of rotatable bonds is 4. The monoisotopic (exact) mass is 411 g/mol. The topological polar surface area (TPSA) is 132 Å². The summed E-state index contributed by atoms with van der Waals surface area (Å²) in [6, 6.07) is 8.41. The van der Waals surface area contributed by atoms with Gasteiger partial charge in [-0.05, 0) is 26.8 Å². The molecule has 0 fully saturated rings. The van der Waals surface area contributed by atoms with Crippen LogP contribution in [0.4, 0.5) is 0 Å². The highest BCUT2D eigenvalue weighted by Crippen LogP contribution is 2.53. The highest BCUT2D eigenvalue weighted by molar-refractivity contribution is 6.13. The Morgan fingerprint density at radius 3 is 2.60 bits per heavy atom. The molecule has 0 bridgehead atoms. The number of para-hydroxylation sites is 1.